The highest BCUT2D eigenvalue weighted by Gasteiger charge is 2.31. The lowest BCUT2D eigenvalue weighted by atomic mass is 10.00. The Morgan fingerprint density at radius 3 is 2.75 bits per heavy atom. The lowest BCUT2D eigenvalue weighted by Crippen LogP contribution is -2.49. The zero-order valence-corrected chi connectivity index (χ0v) is 13.0. The van der Waals surface area contributed by atoms with Crippen LogP contribution >= 0.6 is 0 Å². The van der Waals surface area contributed by atoms with Crippen molar-refractivity contribution in [3.8, 4) is 0 Å². The fourth-order valence-corrected chi connectivity index (χ4v) is 3.72. The molecule has 2 aliphatic rings. The number of nitrogens with one attached hydrogen (secondary N) is 1. The number of rotatable bonds is 4. The Balaban J connectivity index is 1.86. The van der Waals surface area contributed by atoms with Crippen LogP contribution in [0.3, 0.4) is 0 Å². The highest BCUT2D eigenvalue weighted by atomic mass is 32.2. The minimum Gasteiger partial charge on any atom is -0.377 e. The molecule has 2 heterocycles. The van der Waals surface area contributed by atoms with Gasteiger partial charge in [-0.3, -0.25) is 4.79 Å². The molecule has 1 N–H and O–H groups in total. The summed E-state index contributed by atoms with van der Waals surface area (Å²) in [6, 6.07) is -0.162. The molecular weight excluding hydrogens is 280 g/mol. The van der Waals surface area contributed by atoms with Crippen LogP contribution in [0.1, 0.15) is 32.6 Å². The zero-order chi connectivity index (χ0) is 14.8. The monoisotopic (exact) mass is 304 g/mol. The first kappa shape index (κ1) is 15.7. The van der Waals surface area contributed by atoms with Crippen LogP contribution in [0.25, 0.3) is 0 Å². The summed E-state index contributed by atoms with van der Waals surface area (Å²) >= 11 is 0. The largest absolute Gasteiger partial charge is 0.377 e. The molecule has 7 heteroatoms. The van der Waals surface area contributed by atoms with Gasteiger partial charge in [0.15, 0.2) is 0 Å². The molecule has 0 aromatic rings. The molecule has 0 radical (unpaired) electrons. The molecule has 0 aromatic heterocycles. The molecule has 0 aromatic carbocycles. The van der Waals surface area contributed by atoms with Gasteiger partial charge in [0.1, 0.15) is 0 Å². The van der Waals surface area contributed by atoms with E-state index in [1.165, 1.54) is 0 Å². The second kappa shape index (κ2) is 6.41. The van der Waals surface area contributed by atoms with E-state index in [-0.39, 0.29) is 18.1 Å². The van der Waals surface area contributed by atoms with Gasteiger partial charge < -0.3 is 9.64 Å². The summed E-state index contributed by atoms with van der Waals surface area (Å²) in [5.74, 6) is 0.498. The van der Waals surface area contributed by atoms with Crippen LogP contribution in [-0.4, -0.2) is 57.3 Å². The summed E-state index contributed by atoms with van der Waals surface area (Å²) in [7, 11) is -3.22. The van der Waals surface area contributed by atoms with Crippen LogP contribution in [0.5, 0.6) is 0 Å². The average molecular weight is 304 g/mol. The third-order valence-corrected chi connectivity index (χ3v) is 4.83. The van der Waals surface area contributed by atoms with Crippen LogP contribution in [0.2, 0.25) is 0 Å². The van der Waals surface area contributed by atoms with Gasteiger partial charge >= 0.3 is 0 Å². The predicted molar refractivity (Wildman–Crippen MR) is 75.7 cm³/mol. The van der Waals surface area contributed by atoms with Gasteiger partial charge in [-0.05, 0) is 25.2 Å². The predicted octanol–water partition coefficient (Wildman–Crippen LogP) is 0.342. The maximum Gasteiger partial charge on any atom is 0.225 e. The summed E-state index contributed by atoms with van der Waals surface area (Å²) in [5, 5.41) is 0. The van der Waals surface area contributed by atoms with Gasteiger partial charge in [0.2, 0.25) is 15.9 Å². The van der Waals surface area contributed by atoms with Gasteiger partial charge in [-0.2, -0.15) is 0 Å². The van der Waals surface area contributed by atoms with E-state index >= 15 is 0 Å². The van der Waals surface area contributed by atoms with E-state index < -0.39 is 10.0 Å². The minimum atomic E-state index is -3.22. The number of ether oxygens (including phenoxy) is 1. The van der Waals surface area contributed by atoms with Crippen molar-refractivity contribution in [3.63, 3.8) is 0 Å². The van der Waals surface area contributed by atoms with E-state index in [1.54, 1.807) is 4.90 Å². The highest BCUT2D eigenvalue weighted by Crippen LogP contribution is 2.24. The number of likely N-dealkylation sites (tertiary alicyclic amines) is 1. The lowest BCUT2D eigenvalue weighted by molar-refractivity contribution is -0.135. The van der Waals surface area contributed by atoms with E-state index in [0.717, 1.165) is 32.1 Å². The number of amides is 1. The Morgan fingerprint density at radius 1 is 1.40 bits per heavy atom. The van der Waals surface area contributed by atoms with Gasteiger partial charge in [-0.1, -0.05) is 6.92 Å². The van der Waals surface area contributed by atoms with Crippen molar-refractivity contribution in [2.45, 2.75) is 44.8 Å². The molecule has 0 spiro atoms. The fraction of sp³-hybridized carbons (Fsp3) is 0.923. The van der Waals surface area contributed by atoms with Crippen LogP contribution < -0.4 is 4.72 Å². The Bertz CT molecular complexity index is 451. The standard InChI is InChI=1S/C13H24N2O4S/c1-10-5-7-19-12(10)8-13(16)15-6-3-4-11(9-15)14-20(2,17)18/h10-12,14H,3-9H2,1-2H3. The Labute approximate surface area is 120 Å². The first-order chi connectivity index (χ1) is 9.35. The molecule has 20 heavy (non-hydrogen) atoms. The van der Waals surface area contributed by atoms with Gasteiger partial charge in [0, 0.05) is 25.7 Å². The maximum absolute atomic E-state index is 12.3. The van der Waals surface area contributed by atoms with Crippen LogP contribution in [0.4, 0.5) is 0 Å². The summed E-state index contributed by atoms with van der Waals surface area (Å²) in [4.78, 5) is 14.0. The van der Waals surface area contributed by atoms with E-state index in [1.807, 2.05) is 0 Å². The van der Waals surface area contributed by atoms with Gasteiger partial charge in [0.05, 0.1) is 18.8 Å². The molecule has 2 aliphatic heterocycles. The van der Waals surface area contributed by atoms with Crippen molar-refractivity contribution in [3.05, 3.63) is 0 Å². The van der Waals surface area contributed by atoms with Crippen molar-refractivity contribution in [2.24, 2.45) is 5.92 Å². The molecule has 6 nitrogen and oxygen atoms in total. The third kappa shape index (κ3) is 4.43. The molecular formula is C13H24N2O4S. The summed E-state index contributed by atoms with van der Waals surface area (Å²) in [6.45, 7) is 4.02. The second-order valence-electron chi connectivity index (χ2n) is 5.95. The normalized spacial score (nSPS) is 31.5. The van der Waals surface area contributed by atoms with Gasteiger partial charge in [-0.25, -0.2) is 13.1 Å². The molecule has 3 atom stereocenters. The minimum absolute atomic E-state index is 0.0192. The highest BCUT2D eigenvalue weighted by molar-refractivity contribution is 7.88. The number of hydrogen-bond acceptors (Lipinski definition) is 4. The third-order valence-electron chi connectivity index (χ3n) is 4.07. The number of carbonyl (C=O) groups is 1. The molecule has 1 amide bonds. The summed E-state index contributed by atoms with van der Waals surface area (Å²) < 4.78 is 30.7. The van der Waals surface area contributed by atoms with Crippen molar-refractivity contribution in [2.75, 3.05) is 26.0 Å². The molecule has 0 saturated carbocycles. The Kier molecular flexibility index (Phi) is 5.04. The lowest BCUT2D eigenvalue weighted by Gasteiger charge is -2.33. The number of nitrogens with zero attached hydrogens (tertiary/aromatic N) is 1. The van der Waals surface area contributed by atoms with E-state index in [0.29, 0.717) is 25.4 Å². The average Bonchev–Trinajstić information content (AvgIpc) is 2.73. The number of sulfonamides is 1. The van der Waals surface area contributed by atoms with Crippen molar-refractivity contribution < 1.29 is 17.9 Å². The molecule has 2 fully saturated rings. The smallest absolute Gasteiger partial charge is 0.225 e. The number of hydrogen-bond donors (Lipinski definition) is 1. The van der Waals surface area contributed by atoms with Gasteiger partial charge in [0.25, 0.3) is 0 Å². The van der Waals surface area contributed by atoms with Crippen molar-refractivity contribution >= 4 is 15.9 Å². The van der Waals surface area contributed by atoms with Crippen LogP contribution in [0, 0.1) is 5.92 Å². The maximum atomic E-state index is 12.3. The molecule has 3 unspecified atom stereocenters. The van der Waals surface area contributed by atoms with Crippen molar-refractivity contribution in [1.82, 2.24) is 9.62 Å². The molecule has 2 saturated heterocycles. The molecule has 2 rings (SSSR count). The number of carbonyl (C=O) groups excluding carboxylic acids is 1. The van der Waals surface area contributed by atoms with E-state index in [4.69, 9.17) is 4.74 Å². The molecule has 0 bridgehead atoms. The fourth-order valence-electron chi connectivity index (χ4n) is 2.92. The van der Waals surface area contributed by atoms with E-state index in [2.05, 4.69) is 11.6 Å². The quantitative estimate of drug-likeness (QED) is 0.813. The summed E-state index contributed by atoms with van der Waals surface area (Å²) in [6.07, 6.45) is 4.21. The Hall–Kier alpha value is -0.660. The molecule has 116 valence electrons. The summed E-state index contributed by atoms with van der Waals surface area (Å²) in [5.41, 5.74) is 0. The van der Waals surface area contributed by atoms with Gasteiger partial charge in [-0.15, -0.1) is 0 Å². The Morgan fingerprint density at radius 2 is 2.15 bits per heavy atom. The van der Waals surface area contributed by atoms with Crippen LogP contribution in [-0.2, 0) is 19.6 Å². The SMILES string of the molecule is CC1CCOC1CC(=O)N1CCCC(NS(C)(=O)=O)C1. The molecule has 0 aliphatic carbocycles. The first-order valence-electron chi connectivity index (χ1n) is 7.22. The second-order valence-corrected chi connectivity index (χ2v) is 7.73. The zero-order valence-electron chi connectivity index (χ0n) is 12.2. The van der Waals surface area contributed by atoms with Crippen LogP contribution in [0.15, 0.2) is 0 Å². The van der Waals surface area contributed by atoms with Crippen molar-refractivity contribution in [1.29, 1.82) is 0 Å². The first-order valence-corrected chi connectivity index (χ1v) is 9.11. The van der Waals surface area contributed by atoms with E-state index in [9.17, 15) is 13.2 Å². The topological polar surface area (TPSA) is 75.7 Å². The number of piperidine rings is 1.